The highest BCUT2D eigenvalue weighted by Gasteiger charge is 2.36. The quantitative estimate of drug-likeness (QED) is 0.309. The van der Waals surface area contributed by atoms with Crippen LogP contribution in [0.15, 0.2) is 5.16 Å². The summed E-state index contributed by atoms with van der Waals surface area (Å²) in [4.78, 5) is 12.2. The zero-order valence-corrected chi connectivity index (χ0v) is 11.6. The molecule has 0 spiro atoms. The van der Waals surface area contributed by atoms with Crippen LogP contribution in [0.2, 0.25) is 0 Å². The first-order chi connectivity index (χ1) is 8.38. The molecule has 0 aromatic heterocycles. The molecular formula is C13H25N3O2. The Hall–Kier alpha value is -1.26. The van der Waals surface area contributed by atoms with Crippen LogP contribution >= 0.6 is 0 Å². The van der Waals surface area contributed by atoms with Crippen LogP contribution in [0.4, 0.5) is 0 Å². The molecule has 5 heteroatoms. The largest absolute Gasteiger partial charge is 0.409 e. The number of rotatable bonds is 4. The van der Waals surface area contributed by atoms with Gasteiger partial charge in [-0.15, -0.1) is 0 Å². The topological polar surface area (TPSA) is 87.7 Å². The SMILES string of the molecule is CC(CNC(=O)C1CCCCC1(C)C)C(N)=NO. The Morgan fingerprint density at radius 3 is 2.78 bits per heavy atom. The van der Waals surface area contributed by atoms with E-state index in [1.165, 1.54) is 6.42 Å². The third-order valence-corrected chi connectivity index (χ3v) is 4.03. The first kappa shape index (κ1) is 14.8. The number of carbonyl (C=O) groups excluding carboxylic acids is 1. The highest BCUT2D eigenvalue weighted by molar-refractivity contribution is 5.84. The van der Waals surface area contributed by atoms with Crippen molar-refractivity contribution in [1.29, 1.82) is 0 Å². The molecule has 4 N–H and O–H groups in total. The number of nitrogens with one attached hydrogen (secondary N) is 1. The summed E-state index contributed by atoms with van der Waals surface area (Å²) in [6.45, 7) is 6.55. The molecule has 1 aliphatic rings. The van der Waals surface area contributed by atoms with E-state index in [4.69, 9.17) is 10.9 Å². The van der Waals surface area contributed by atoms with E-state index in [1.54, 1.807) is 0 Å². The predicted octanol–water partition coefficient (Wildman–Crippen LogP) is 1.70. The molecule has 104 valence electrons. The molecule has 0 bridgehead atoms. The lowest BCUT2D eigenvalue weighted by molar-refractivity contribution is -0.130. The van der Waals surface area contributed by atoms with Crippen molar-refractivity contribution in [1.82, 2.24) is 5.32 Å². The Balaban J connectivity index is 2.50. The first-order valence-electron chi connectivity index (χ1n) is 6.63. The van der Waals surface area contributed by atoms with Crippen molar-refractivity contribution in [2.24, 2.45) is 28.1 Å². The van der Waals surface area contributed by atoms with Gasteiger partial charge in [0.1, 0.15) is 5.84 Å². The average Bonchev–Trinajstić information content (AvgIpc) is 2.33. The number of carbonyl (C=O) groups is 1. The van der Waals surface area contributed by atoms with Crippen molar-refractivity contribution in [2.75, 3.05) is 6.54 Å². The lowest BCUT2D eigenvalue weighted by Crippen LogP contribution is -2.43. The van der Waals surface area contributed by atoms with Crippen LogP contribution in [0.3, 0.4) is 0 Å². The summed E-state index contributed by atoms with van der Waals surface area (Å²) in [5.74, 6) is 0.173. The lowest BCUT2D eigenvalue weighted by Gasteiger charge is -2.37. The monoisotopic (exact) mass is 255 g/mol. The van der Waals surface area contributed by atoms with Gasteiger partial charge in [-0.2, -0.15) is 0 Å². The van der Waals surface area contributed by atoms with E-state index in [2.05, 4.69) is 24.3 Å². The number of hydrogen-bond acceptors (Lipinski definition) is 3. The molecule has 5 nitrogen and oxygen atoms in total. The van der Waals surface area contributed by atoms with Crippen molar-refractivity contribution in [2.45, 2.75) is 46.5 Å². The van der Waals surface area contributed by atoms with Crippen molar-refractivity contribution >= 4 is 11.7 Å². The Bertz CT molecular complexity index is 326. The van der Waals surface area contributed by atoms with E-state index in [0.717, 1.165) is 19.3 Å². The van der Waals surface area contributed by atoms with Gasteiger partial charge in [0.25, 0.3) is 0 Å². The number of amidine groups is 1. The van der Waals surface area contributed by atoms with Gasteiger partial charge in [-0.1, -0.05) is 38.8 Å². The summed E-state index contributed by atoms with van der Waals surface area (Å²) in [5, 5.41) is 14.4. The van der Waals surface area contributed by atoms with Gasteiger partial charge in [-0.25, -0.2) is 0 Å². The Labute approximate surface area is 109 Å². The van der Waals surface area contributed by atoms with E-state index in [1.807, 2.05) is 6.92 Å². The molecule has 1 saturated carbocycles. The van der Waals surface area contributed by atoms with Crippen LogP contribution < -0.4 is 11.1 Å². The van der Waals surface area contributed by atoms with Gasteiger partial charge in [0.05, 0.1) is 0 Å². The number of amides is 1. The summed E-state index contributed by atoms with van der Waals surface area (Å²) >= 11 is 0. The number of hydrogen-bond donors (Lipinski definition) is 3. The van der Waals surface area contributed by atoms with E-state index < -0.39 is 0 Å². The Morgan fingerprint density at radius 2 is 2.22 bits per heavy atom. The zero-order valence-electron chi connectivity index (χ0n) is 11.6. The molecular weight excluding hydrogens is 230 g/mol. The molecule has 0 saturated heterocycles. The zero-order chi connectivity index (χ0) is 13.8. The van der Waals surface area contributed by atoms with E-state index in [0.29, 0.717) is 6.54 Å². The maximum absolute atomic E-state index is 12.2. The predicted molar refractivity (Wildman–Crippen MR) is 71.3 cm³/mol. The summed E-state index contributed by atoms with van der Waals surface area (Å²) in [5.41, 5.74) is 5.55. The summed E-state index contributed by atoms with van der Waals surface area (Å²) in [6, 6.07) is 0. The smallest absolute Gasteiger partial charge is 0.223 e. The second-order valence-electron chi connectivity index (χ2n) is 5.96. The average molecular weight is 255 g/mol. The van der Waals surface area contributed by atoms with Gasteiger partial charge in [0, 0.05) is 18.4 Å². The van der Waals surface area contributed by atoms with Crippen molar-refractivity contribution in [3.63, 3.8) is 0 Å². The molecule has 2 unspecified atom stereocenters. The van der Waals surface area contributed by atoms with Crippen molar-refractivity contribution < 1.29 is 10.0 Å². The van der Waals surface area contributed by atoms with Gasteiger partial charge in [0.15, 0.2) is 0 Å². The molecule has 0 aromatic rings. The Kier molecular flexibility index (Phi) is 4.99. The first-order valence-corrected chi connectivity index (χ1v) is 6.63. The molecule has 0 aliphatic heterocycles. The summed E-state index contributed by atoms with van der Waals surface area (Å²) < 4.78 is 0. The highest BCUT2D eigenvalue weighted by atomic mass is 16.4. The number of nitrogens with zero attached hydrogens (tertiary/aromatic N) is 1. The molecule has 0 aromatic carbocycles. The van der Waals surface area contributed by atoms with Gasteiger partial charge in [-0.05, 0) is 18.3 Å². The number of oxime groups is 1. The van der Waals surface area contributed by atoms with Gasteiger partial charge in [0.2, 0.25) is 5.91 Å². The van der Waals surface area contributed by atoms with Crippen LogP contribution in [-0.2, 0) is 4.79 Å². The Morgan fingerprint density at radius 1 is 1.56 bits per heavy atom. The molecule has 1 fully saturated rings. The maximum Gasteiger partial charge on any atom is 0.223 e. The molecule has 1 rings (SSSR count). The third kappa shape index (κ3) is 3.62. The fourth-order valence-corrected chi connectivity index (χ4v) is 2.56. The summed E-state index contributed by atoms with van der Waals surface area (Å²) in [7, 11) is 0. The van der Waals surface area contributed by atoms with Crippen LogP contribution in [0.25, 0.3) is 0 Å². The second kappa shape index (κ2) is 6.07. The molecule has 0 heterocycles. The highest BCUT2D eigenvalue weighted by Crippen LogP contribution is 2.40. The van der Waals surface area contributed by atoms with Gasteiger partial charge >= 0.3 is 0 Å². The minimum Gasteiger partial charge on any atom is -0.409 e. The normalized spacial score (nSPS) is 25.5. The molecule has 2 atom stereocenters. The van der Waals surface area contributed by atoms with Crippen LogP contribution in [0.5, 0.6) is 0 Å². The number of nitrogens with two attached hydrogens (primary N) is 1. The van der Waals surface area contributed by atoms with Crippen LogP contribution in [0, 0.1) is 17.3 Å². The standard InChI is InChI=1S/C13H25N3O2/c1-9(11(14)16-18)8-15-12(17)10-6-4-5-7-13(10,2)3/h9-10,18H,4-8H2,1-3H3,(H2,14,16)(H,15,17). The van der Waals surface area contributed by atoms with Gasteiger partial charge < -0.3 is 16.3 Å². The molecule has 1 aliphatic carbocycles. The van der Waals surface area contributed by atoms with Crippen LogP contribution in [0.1, 0.15) is 46.5 Å². The van der Waals surface area contributed by atoms with Crippen molar-refractivity contribution in [3.8, 4) is 0 Å². The maximum atomic E-state index is 12.2. The van der Waals surface area contributed by atoms with Crippen LogP contribution in [-0.4, -0.2) is 23.5 Å². The molecule has 18 heavy (non-hydrogen) atoms. The van der Waals surface area contributed by atoms with E-state index >= 15 is 0 Å². The minimum atomic E-state index is -0.148. The third-order valence-electron chi connectivity index (χ3n) is 4.03. The van der Waals surface area contributed by atoms with Gasteiger partial charge in [-0.3, -0.25) is 4.79 Å². The fraction of sp³-hybridized carbons (Fsp3) is 0.846. The minimum absolute atomic E-state index is 0.0716. The fourth-order valence-electron chi connectivity index (χ4n) is 2.56. The molecule has 1 amide bonds. The van der Waals surface area contributed by atoms with E-state index in [9.17, 15) is 4.79 Å². The lowest BCUT2D eigenvalue weighted by atomic mass is 9.68. The second-order valence-corrected chi connectivity index (χ2v) is 5.96. The van der Waals surface area contributed by atoms with E-state index in [-0.39, 0.29) is 29.0 Å². The summed E-state index contributed by atoms with van der Waals surface area (Å²) in [6.07, 6.45) is 4.38. The molecule has 0 radical (unpaired) electrons. The van der Waals surface area contributed by atoms with Crippen molar-refractivity contribution in [3.05, 3.63) is 0 Å².